The normalized spacial score (nSPS) is 17.9. The Kier molecular flexibility index (Phi) is 3.30. The molecule has 1 saturated heterocycles. The van der Waals surface area contributed by atoms with Crippen LogP contribution in [0, 0.1) is 6.92 Å². The lowest BCUT2D eigenvalue weighted by molar-refractivity contribution is 0.814. The lowest BCUT2D eigenvalue weighted by Gasteiger charge is -2.22. The number of nitrogens with zero attached hydrogens (tertiary/aromatic N) is 2. The monoisotopic (exact) mass is 208 g/mol. The van der Waals surface area contributed by atoms with Gasteiger partial charge in [0.05, 0.1) is 0 Å². The van der Waals surface area contributed by atoms with Crippen molar-refractivity contribution < 1.29 is 0 Å². The number of pyridine rings is 1. The first kappa shape index (κ1) is 9.84. The predicted octanol–water partition coefficient (Wildman–Crippen LogP) is 2.33. The van der Waals surface area contributed by atoms with Gasteiger partial charge in [-0.05, 0) is 31.2 Å². The van der Waals surface area contributed by atoms with Gasteiger partial charge in [-0.25, -0.2) is 0 Å². The Morgan fingerprint density at radius 2 is 2.29 bits per heavy atom. The fraction of sp³-hybridized carbons (Fsp3) is 0.545. The van der Waals surface area contributed by atoms with Gasteiger partial charge in [0.15, 0.2) is 0 Å². The van der Waals surface area contributed by atoms with Gasteiger partial charge in [0, 0.05) is 36.4 Å². The maximum atomic E-state index is 4.23. The molecule has 2 heterocycles. The smallest absolute Gasteiger partial charge is 0.0400 e. The van der Waals surface area contributed by atoms with E-state index in [0.717, 1.165) is 5.69 Å². The molecule has 0 atom stereocenters. The van der Waals surface area contributed by atoms with E-state index < -0.39 is 0 Å². The first-order valence-electron chi connectivity index (χ1n) is 5.11. The minimum atomic E-state index is 1.11. The summed E-state index contributed by atoms with van der Waals surface area (Å²) in [5.41, 5.74) is 2.44. The Morgan fingerprint density at radius 1 is 1.36 bits per heavy atom. The van der Waals surface area contributed by atoms with Crippen molar-refractivity contribution in [3.05, 3.63) is 24.0 Å². The molecule has 1 aromatic rings. The van der Waals surface area contributed by atoms with Gasteiger partial charge < -0.3 is 4.90 Å². The highest BCUT2D eigenvalue weighted by Gasteiger charge is 2.09. The van der Waals surface area contributed by atoms with Gasteiger partial charge in [0.2, 0.25) is 0 Å². The summed E-state index contributed by atoms with van der Waals surface area (Å²) in [5.74, 6) is 2.56. The van der Waals surface area contributed by atoms with Crippen LogP contribution in [0.5, 0.6) is 0 Å². The van der Waals surface area contributed by atoms with Crippen molar-refractivity contribution in [1.29, 1.82) is 0 Å². The van der Waals surface area contributed by atoms with Crippen LogP contribution in [-0.2, 0) is 0 Å². The summed E-state index contributed by atoms with van der Waals surface area (Å²) in [4.78, 5) is 6.69. The number of hydrogen-bond acceptors (Lipinski definition) is 3. The largest absolute Gasteiger partial charge is 0.371 e. The van der Waals surface area contributed by atoms with Crippen molar-refractivity contribution in [2.24, 2.45) is 0 Å². The Morgan fingerprint density at radius 3 is 3.14 bits per heavy atom. The van der Waals surface area contributed by atoms with Crippen LogP contribution in [0.2, 0.25) is 0 Å². The number of aromatic nitrogens is 1. The third kappa shape index (κ3) is 2.41. The average Bonchev–Trinajstić information content (AvgIpc) is 2.45. The van der Waals surface area contributed by atoms with Gasteiger partial charge in [-0.2, -0.15) is 11.8 Å². The molecule has 0 N–H and O–H groups in total. The van der Waals surface area contributed by atoms with Crippen LogP contribution in [0.3, 0.4) is 0 Å². The SMILES string of the molecule is Cc1cc(N2CCCSCC2)ccn1. The second-order valence-corrected chi connectivity index (χ2v) is 4.83. The molecular formula is C11H16N2S. The maximum absolute atomic E-state index is 4.23. The van der Waals surface area contributed by atoms with Gasteiger partial charge in [-0.3, -0.25) is 4.98 Å². The van der Waals surface area contributed by atoms with Crippen LogP contribution in [0.15, 0.2) is 18.3 Å². The molecule has 0 spiro atoms. The zero-order valence-corrected chi connectivity index (χ0v) is 9.39. The third-order valence-electron chi connectivity index (χ3n) is 2.47. The molecule has 3 heteroatoms. The summed E-state index contributed by atoms with van der Waals surface area (Å²) in [6, 6.07) is 4.29. The summed E-state index contributed by atoms with van der Waals surface area (Å²) in [6.45, 7) is 4.42. The van der Waals surface area contributed by atoms with E-state index in [-0.39, 0.29) is 0 Å². The van der Waals surface area contributed by atoms with Crippen LogP contribution in [0.4, 0.5) is 5.69 Å². The Labute approximate surface area is 89.7 Å². The molecule has 0 bridgehead atoms. The molecule has 76 valence electrons. The van der Waals surface area contributed by atoms with E-state index in [2.05, 4.69) is 40.7 Å². The Hall–Kier alpha value is -0.700. The standard InChI is InChI=1S/C11H16N2S/c1-10-9-11(3-4-12-10)13-5-2-7-14-8-6-13/h3-4,9H,2,5-8H2,1H3. The first-order valence-corrected chi connectivity index (χ1v) is 6.27. The van der Waals surface area contributed by atoms with Crippen molar-refractivity contribution in [2.45, 2.75) is 13.3 Å². The lowest BCUT2D eigenvalue weighted by atomic mass is 10.3. The summed E-state index contributed by atoms with van der Waals surface area (Å²) in [5, 5.41) is 0. The fourth-order valence-corrected chi connectivity index (χ4v) is 2.62. The summed E-state index contributed by atoms with van der Waals surface area (Å²) in [6.07, 6.45) is 3.20. The molecule has 0 aromatic carbocycles. The van der Waals surface area contributed by atoms with Crippen LogP contribution in [0.25, 0.3) is 0 Å². The second kappa shape index (κ2) is 4.69. The van der Waals surface area contributed by atoms with E-state index in [1.165, 1.54) is 36.7 Å². The summed E-state index contributed by atoms with van der Waals surface area (Å²) >= 11 is 2.06. The molecule has 1 aromatic heterocycles. The van der Waals surface area contributed by atoms with Gasteiger partial charge >= 0.3 is 0 Å². The van der Waals surface area contributed by atoms with Gasteiger partial charge in [-0.15, -0.1) is 0 Å². The first-order chi connectivity index (χ1) is 6.86. The summed E-state index contributed by atoms with van der Waals surface area (Å²) in [7, 11) is 0. The molecule has 0 saturated carbocycles. The number of aryl methyl sites for hydroxylation is 1. The minimum absolute atomic E-state index is 1.11. The molecule has 0 amide bonds. The van der Waals surface area contributed by atoms with Gasteiger partial charge in [0.25, 0.3) is 0 Å². The molecule has 1 fully saturated rings. The molecule has 0 unspecified atom stereocenters. The highest BCUT2D eigenvalue weighted by molar-refractivity contribution is 7.99. The van der Waals surface area contributed by atoms with E-state index in [1.807, 2.05) is 6.20 Å². The van der Waals surface area contributed by atoms with Crippen LogP contribution in [0.1, 0.15) is 12.1 Å². The predicted molar refractivity (Wildman–Crippen MR) is 63.1 cm³/mol. The molecule has 0 aliphatic carbocycles. The zero-order valence-electron chi connectivity index (χ0n) is 8.57. The Balaban J connectivity index is 2.12. The topological polar surface area (TPSA) is 16.1 Å². The second-order valence-electron chi connectivity index (χ2n) is 3.61. The zero-order chi connectivity index (χ0) is 9.80. The van der Waals surface area contributed by atoms with Gasteiger partial charge in [0.1, 0.15) is 0 Å². The molecule has 14 heavy (non-hydrogen) atoms. The number of anilines is 1. The van der Waals surface area contributed by atoms with Crippen molar-refractivity contribution in [1.82, 2.24) is 4.98 Å². The molecule has 2 nitrogen and oxygen atoms in total. The van der Waals surface area contributed by atoms with Crippen molar-refractivity contribution in [3.8, 4) is 0 Å². The number of hydrogen-bond donors (Lipinski definition) is 0. The highest BCUT2D eigenvalue weighted by atomic mass is 32.2. The molecule has 1 aliphatic rings. The van der Waals surface area contributed by atoms with E-state index >= 15 is 0 Å². The van der Waals surface area contributed by atoms with Crippen LogP contribution in [-0.4, -0.2) is 29.6 Å². The van der Waals surface area contributed by atoms with Crippen molar-refractivity contribution in [2.75, 3.05) is 29.5 Å². The van der Waals surface area contributed by atoms with Crippen molar-refractivity contribution in [3.63, 3.8) is 0 Å². The van der Waals surface area contributed by atoms with E-state index in [0.29, 0.717) is 0 Å². The minimum Gasteiger partial charge on any atom is -0.371 e. The maximum Gasteiger partial charge on any atom is 0.0400 e. The van der Waals surface area contributed by atoms with Crippen molar-refractivity contribution >= 4 is 17.4 Å². The number of rotatable bonds is 1. The molecule has 0 radical (unpaired) electrons. The summed E-state index contributed by atoms with van der Waals surface area (Å²) < 4.78 is 0. The van der Waals surface area contributed by atoms with E-state index in [9.17, 15) is 0 Å². The highest BCUT2D eigenvalue weighted by Crippen LogP contribution is 2.18. The molecule has 2 rings (SSSR count). The molecule has 1 aliphatic heterocycles. The average molecular weight is 208 g/mol. The van der Waals surface area contributed by atoms with Gasteiger partial charge in [-0.1, -0.05) is 0 Å². The van der Waals surface area contributed by atoms with E-state index in [4.69, 9.17) is 0 Å². The lowest BCUT2D eigenvalue weighted by Crippen LogP contribution is -2.25. The Bertz CT molecular complexity index is 293. The van der Waals surface area contributed by atoms with Crippen LogP contribution >= 0.6 is 11.8 Å². The third-order valence-corrected chi connectivity index (χ3v) is 3.52. The van der Waals surface area contributed by atoms with E-state index in [1.54, 1.807) is 0 Å². The number of thioether (sulfide) groups is 1. The fourth-order valence-electron chi connectivity index (χ4n) is 1.73. The molecular weight excluding hydrogens is 192 g/mol. The van der Waals surface area contributed by atoms with Crippen LogP contribution < -0.4 is 4.90 Å². The quantitative estimate of drug-likeness (QED) is 0.704.